The fourth-order valence-electron chi connectivity index (χ4n) is 4.99. The molecule has 188 valence electrons. The lowest BCUT2D eigenvalue weighted by Gasteiger charge is -2.50. The van der Waals surface area contributed by atoms with Gasteiger partial charge in [0.2, 0.25) is 11.9 Å². The zero-order chi connectivity index (χ0) is 25.0. The van der Waals surface area contributed by atoms with Crippen LogP contribution in [0.25, 0.3) is 0 Å². The summed E-state index contributed by atoms with van der Waals surface area (Å²) in [6.45, 7) is 1.82. The van der Waals surface area contributed by atoms with E-state index in [-0.39, 0.29) is 18.1 Å². The first-order valence-corrected chi connectivity index (χ1v) is 11.5. The first-order chi connectivity index (χ1) is 16.6. The van der Waals surface area contributed by atoms with Crippen LogP contribution in [0.3, 0.4) is 0 Å². The highest BCUT2D eigenvalue weighted by molar-refractivity contribution is 6.04. The third-order valence-corrected chi connectivity index (χ3v) is 7.15. The number of nitrogens with one attached hydrogen (secondary N) is 2. The fraction of sp³-hybridized carbons (Fsp3) is 0.565. The van der Waals surface area contributed by atoms with Gasteiger partial charge in [-0.2, -0.15) is 18.2 Å². The standard InChI is InChI=1S/C23H27F3N6O3/c1-12-17-19(32(2)18(20(33)30-17)22(34-3)7-4-8-22)31-21(28-12)29-13-9-15(10-13)35-14-5-6-16(27-11-14)23(24,25)26/h5-6,11,13,15,18H,4,7-10H2,1-3H3,(H,30,33)(H,28,29,31)/t13?,15?,18-/m1/s1. The van der Waals surface area contributed by atoms with Crippen LogP contribution < -0.4 is 20.3 Å². The highest BCUT2D eigenvalue weighted by Crippen LogP contribution is 2.44. The summed E-state index contributed by atoms with van der Waals surface area (Å²) in [6.07, 6.45) is 0.399. The van der Waals surface area contributed by atoms with Gasteiger partial charge in [0.25, 0.3) is 0 Å². The molecule has 12 heteroatoms. The van der Waals surface area contributed by atoms with E-state index in [0.717, 1.165) is 31.5 Å². The summed E-state index contributed by atoms with van der Waals surface area (Å²) in [6, 6.07) is 1.76. The number of aryl methyl sites for hydroxylation is 1. The number of alkyl halides is 3. The van der Waals surface area contributed by atoms with Crippen molar-refractivity contribution >= 4 is 23.4 Å². The van der Waals surface area contributed by atoms with E-state index >= 15 is 0 Å². The minimum absolute atomic E-state index is 0.0519. The van der Waals surface area contributed by atoms with Crippen molar-refractivity contribution in [2.24, 2.45) is 0 Å². The molecule has 0 bridgehead atoms. The Kier molecular flexibility index (Phi) is 5.73. The highest BCUT2D eigenvalue weighted by Gasteiger charge is 2.52. The van der Waals surface area contributed by atoms with Gasteiger partial charge in [-0.1, -0.05) is 0 Å². The van der Waals surface area contributed by atoms with E-state index < -0.39 is 23.5 Å². The van der Waals surface area contributed by atoms with Crippen LogP contribution in [-0.4, -0.2) is 58.8 Å². The molecule has 1 amide bonds. The smallest absolute Gasteiger partial charge is 0.433 e. The molecule has 0 saturated heterocycles. The van der Waals surface area contributed by atoms with Gasteiger partial charge in [0.15, 0.2) is 5.82 Å². The Morgan fingerprint density at radius 3 is 2.54 bits per heavy atom. The molecule has 2 aliphatic carbocycles. The van der Waals surface area contributed by atoms with Crippen LogP contribution in [0.15, 0.2) is 18.3 Å². The molecule has 35 heavy (non-hydrogen) atoms. The maximum Gasteiger partial charge on any atom is 0.433 e. The number of nitrogens with zero attached hydrogens (tertiary/aromatic N) is 4. The van der Waals surface area contributed by atoms with E-state index in [9.17, 15) is 18.0 Å². The summed E-state index contributed by atoms with van der Waals surface area (Å²) in [5, 5.41) is 6.27. The number of aromatic nitrogens is 3. The first kappa shape index (κ1) is 23.6. The Labute approximate surface area is 200 Å². The molecule has 0 unspecified atom stereocenters. The molecule has 1 atom stereocenters. The van der Waals surface area contributed by atoms with Gasteiger partial charge in [-0.05, 0) is 38.3 Å². The van der Waals surface area contributed by atoms with Gasteiger partial charge in [0.1, 0.15) is 29.3 Å². The second-order valence-electron chi connectivity index (χ2n) is 9.39. The third-order valence-electron chi connectivity index (χ3n) is 7.15. The summed E-state index contributed by atoms with van der Waals surface area (Å²) in [7, 11) is 3.49. The van der Waals surface area contributed by atoms with E-state index in [2.05, 4.69) is 25.6 Å². The average molecular weight is 493 g/mol. The van der Waals surface area contributed by atoms with Crippen LogP contribution in [0.1, 0.15) is 43.5 Å². The molecule has 2 aromatic rings. The Morgan fingerprint density at radius 2 is 1.97 bits per heavy atom. The molecule has 2 fully saturated rings. The van der Waals surface area contributed by atoms with Crippen LogP contribution in [-0.2, 0) is 15.7 Å². The first-order valence-electron chi connectivity index (χ1n) is 11.5. The predicted molar refractivity (Wildman–Crippen MR) is 121 cm³/mol. The molecule has 0 radical (unpaired) electrons. The lowest BCUT2D eigenvalue weighted by Crippen LogP contribution is -2.64. The highest BCUT2D eigenvalue weighted by atomic mass is 19.4. The quantitative estimate of drug-likeness (QED) is 0.632. The van der Waals surface area contributed by atoms with Gasteiger partial charge in [0.05, 0.1) is 17.5 Å². The molecule has 3 heterocycles. The number of hydrogen-bond donors (Lipinski definition) is 2. The van der Waals surface area contributed by atoms with Crippen LogP contribution in [0.4, 0.5) is 30.6 Å². The number of ether oxygens (including phenoxy) is 2. The SMILES string of the molecule is COC1([C@H]2C(=O)Nc3c(C)nc(NC4CC(Oc5ccc(C(F)(F)F)nc5)C4)nc3N2C)CCC1. The molecule has 1 aliphatic heterocycles. The summed E-state index contributed by atoms with van der Waals surface area (Å²) in [4.78, 5) is 27.4. The van der Waals surface area contributed by atoms with Crippen molar-refractivity contribution in [3.05, 3.63) is 29.7 Å². The van der Waals surface area contributed by atoms with Crippen molar-refractivity contribution in [1.82, 2.24) is 15.0 Å². The molecule has 2 aromatic heterocycles. The summed E-state index contributed by atoms with van der Waals surface area (Å²) in [5.74, 6) is 1.26. The van der Waals surface area contributed by atoms with Gasteiger partial charge in [-0.25, -0.2) is 9.97 Å². The Bertz CT molecular complexity index is 1110. The number of methoxy groups -OCH3 is 1. The number of carbonyl (C=O) groups is 1. The number of likely N-dealkylation sites (N-methyl/N-ethyl adjacent to an activating group) is 1. The van der Waals surface area contributed by atoms with Gasteiger partial charge in [-0.15, -0.1) is 0 Å². The van der Waals surface area contributed by atoms with Crippen LogP contribution >= 0.6 is 0 Å². The summed E-state index contributed by atoms with van der Waals surface area (Å²) in [5.41, 5.74) is -0.224. The number of pyridine rings is 1. The number of rotatable bonds is 6. The molecular weight excluding hydrogens is 465 g/mol. The number of carbonyl (C=O) groups excluding carboxylic acids is 1. The monoisotopic (exact) mass is 492 g/mol. The lowest BCUT2D eigenvalue weighted by atomic mass is 9.73. The number of amides is 1. The van der Waals surface area contributed by atoms with Crippen molar-refractivity contribution in [3.8, 4) is 5.75 Å². The topological polar surface area (TPSA) is 102 Å². The molecule has 9 nitrogen and oxygen atoms in total. The Hall–Kier alpha value is -3.15. The average Bonchev–Trinajstić information content (AvgIpc) is 2.74. The van der Waals surface area contributed by atoms with Crippen LogP contribution in [0, 0.1) is 6.92 Å². The second kappa shape index (κ2) is 8.51. The number of anilines is 3. The maximum absolute atomic E-state index is 12.9. The zero-order valence-corrected chi connectivity index (χ0v) is 19.6. The molecular formula is C23H27F3N6O3. The third kappa shape index (κ3) is 4.24. The molecule has 2 saturated carbocycles. The van der Waals surface area contributed by atoms with Crippen LogP contribution in [0.5, 0.6) is 5.75 Å². The Morgan fingerprint density at radius 1 is 1.23 bits per heavy atom. The number of hydrogen-bond acceptors (Lipinski definition) is 8. The van der Waals surface area contributed by atoms with Crippen LogP contribution in [0.2, 0.25) is 0 Å². The van der Waals surface area contributed by atoms with E-state index in [1.165, 1.54) is 6.07 Å². The predicted octanol–water partition coefficient (Wildman–Crippen LogP) is 3.55. The zero-order valence-electron chi connectivity index (χ0n) is 19.6. The minimum Gasteiger partial charge on any atom is -0.489 e. The van der Waals surface area contributed by atoms with E-state index in [1.54, 1.807) is 7.11 Å². The maximum atomic E-state index is 12.9. The molecule has 3 aliphatic rings. The fourth-order valence-corrected chi connectivity index (χ4v) is 4.99. The number of fused-ring (bicyclic) bond motifs is 1. The van der Waals surface area contributed by atoms with Gasteiger partial charge in [0, 0.05) is 33.0 Å². The Balaban J connectivity index is 1.23. The van der Waals surface area contributed by atoms with Gasteiger partial charge in [-0.3, -0.25) is 4.79 Å². The second-order valence-corrected chi connectivity index (χ2v) is 9.39. The summed E-state index contributed by atoms with van der Waals surface area (Å²) < 4.78 is 49.5. The molecule has 0 aromatic carbocycles. The molecule has 0 spiro atoms. The van der Waals surface area contributed by atoms with Gasteiger partial charge < -0.3 is 25.0 Å². The van der Waals surface area contributed by atoms with Gasteiger partial charge >= 0.3 is 6.18 Å². The van der Waals surface area contributed by atoms with Crippen molar-refractivity contribution in [3.63, 3.8) is 0 Å². The molecule has 2 N–H and O–H groups in total. The minimum atomic E-state index is -4.48. The largest absolute Gasteiger partial charge is 0.489 e. The normalized spacial score (nSPS) is 25.1. The van der Waals surface area contributed by atoms with E-state index in [0.29, 0.717) is 41.7 Å². The van der Waals surface area contributed by atoms with E-state index in [1.807, 2.05) is 18.9 Å². The van der Waals surface area contributed by atoms with E-state index in [4.69, 9.17) is 9.47 Å². The van der Waals surface area contributed by atoms with Crippen molar-refractivity contribution in [2.75, 3.05) is 29.7 Å². The van der Waals surface area contributed by atoms with Crippen molar-refractivity contribution < 1.29 is 27.4 Å². The molecule has 5 rings (SSSR count). The summed E-state index contributed by atoms with van der Waals surface area (Å²) >= 11 is 0. The number of halogens is 3. The van der Waals surface area contributed by atoms with Crippen molar-refractivity contribution in [2.45, 2.75) is 69.0 Å². The lowest BCUT2D eigenvalue weighted by molar-refractivity contribution is -0.141. The van der Waals surface area contributed by atoms with Crippen molar-refractivity contribution in [1.29, 1.82) is 0 Å².